The van der Waals surface area contributed by atoms with Gasteiger partial charge in [-0.3, -0.25) is 4.90 Å². The van der Waals surface area contributed by atoms with E-state index in [2.05, 4.69) is 33.6 Å². The van der Waals surface area contributed by atoms with E-state index in [1.807, 2.05) is 0 Å². The second-order valence-electron chi connectivity index (χ2n) is 4.47. The molecule has 0 unspecified atom stereocenters. The molecule has 2 nitrogen and oxygen atoms in total. The number of hydrogen-bond donors (Lipinski definition) is 0. The summed E-state index contributed by atoms with van der Waals surface area (Å²) in [5, 5.41) is 8.74. The fraction of sp³-hybridized carbons (Fsp3) is 0.900. The predicted octanol–water partition coefficient (Wildman–Crippen LogP) is 2.39. The maximum atomic E-state index is 8.74. The van der Waals surface area contributed by atoms with Gasteiger partial charge in [0.25, 0.3) is 0 Å². The van der Waals surface area contributed by atoms with Crippen molar-refractivity contribution in [3.05, 3.63) is 0 Å². The molecule has 1 saturated heterocycles. The van der Waals surface area contributed by atoms with E-state index in [0.29, 0.717) is 11.3 Å². The van der Waals surface area contributed by atoms with Crippen molar-refractivity contribution in [3.63, 3.8) is 0 Å². The minimum Gasteiger partial charge on any atom is -0.294 e. The van der Waals surface area contributed by atoms with Crippen LogP contribution >= 0.6 is 22.6 Å². The molecule has 0 aromatic rings. The van der Waals surface area contributed by atoms with Crippen LogP contribution in [0.5, 0.6) is 0 Å². The molecule has 1 heterocycles. The van der Waals surface area contributed by atoms with Crippen LogP contribution in [0.2, 0.25) is 0 Å². The van der Waals surface area contributed by atoms with Gasteiger partial charge in [-0.1, -0.05) is 22.6 Å². The summed E-state index contributed by atoms with van der Waals surface area (Å²) in [6.07, 6.45) is 5.01. The van der Waals surface area contributed by atoms with Crippen LogP contribution in [0.25, 0.3) is 0 Å². The van der Waals surface area contributed by atoms with Gasteiger partial charge in [0.15, 0.2) is 0 Å². The Morgan fingerprint density at radius 1 is 1.38 bits per heavy atom. The maximum absolute atomic E-state index is 8.74. The first-order chi connectivity index (χ1) is 6.28. The lowest BCUT2D eigenvalue weighted by atomic mass is 9.58. The first-order valence-electron chi connectivity index (χ1n) is 4.96. The molecule has 0 atom stereocenters. The van der Waals surface area contributed by atoms with Gasteiger partial charge < -0.3 is 0 Å². The SMILES string of the molecule is N#CC1CC2(CCN(CI)CC2)C1. The van der Waals surface area contributed by atoms with Crippen molar-refractivity contribution < 1.29 is 0 Å². The third-order valence-electron chi connectivity index (χ3n) is 3.63. The molecule has 0 N–H and O–H groups in total. The predicted molar refractivity (Wildman–Crippen MR) is 60.5 cm³/mol. The third kappa shape index (κ3) is 1.84. The minimum absolute atomic E-state index is 0.381. The van der Waals surface area contributed by atoms with Crippen molar-refractivity contribution in [1.82, 2.24) is 4.90 Å². The standard InChI is InChI=1S/C10H15IN2/c11-8-13-3-1-10(2-4-13)5-9(6-10)7-12/h9H,1-6,8H2. The second kappa shape index (κ2) is 3.74. The normalized spacial score (nSPS) is 28.3. The van der Waals surface area contributed by atoms with Gasteiger partial charge in [0.05, 0.1) is 10.6 Å². The average molecular weight is 290 g/mol. The number of nitrogens with zero attached hydrogens (tertiary/aromatic N) is 2. The lowest BCUT2D eigenvalue weighted by molar-refractivity contribution is 0.0140. The Morgan fingerprint density at radius 2 is 2.00 bits per heavy atom. The Hall–Kier alpha value is 0.180. The zero-order chi connectivity index (χ0) is 9.31. The van der Waals surface area contributed by atoms with Gasteiger partial charge >= 0.3 is 0 Å². The first kappa shape index (κ1) is 9.72. The molecule has 3 heteroatoms. The summed E-state index contributed by atoms with van der Waals surface area (Å²) in [5.41, 5.74) is 0.586. The zero-order valence-electron chi connectivity index (χ0n) is 7.80. The number of hydrogen-bond acceptors (Lipinski definition) is 2. The van der Waals surface area contributed by atoms with Gasteiger partial charge in [-0.15, -0.1) is 0 Å². The molecule has 1 aliphatic heterocycles. The van der Waals surface area contributed by atoms with Crippen molar-refractivity contribution in [1.29, 1.82) is 5.26 Å². The fourth-order valence-electron chi connectivity index (χ4n) is 2.63. The first-order valence-corrected chi connectivity index (χ1v) is 6.48. The molecule has 2 aliphatic rings. The molecule has 0 radical (unpaired) electrons. The van der Waals surface area contributed by atoms with E-state index in [1.54, 1.807) is 0 Å². The van der Waals surface area contributed by atoms with Crippen LogP contribution in [0.4, 0.5) is 0 Å². The van der Waals surface area contributed by atoms with E-state index in [-0.39, 0.29) is 0 Å². The molecule has 13 heavy (non-hydrogen) atoms. The van der Waals surface area contributed by atoms with Crippen LogP contribution in [-0.4, -0.2) is 22.5 Å². The smallest absolute Gasteiger partial charge is 0.0656 e. The number of piperidine rings is 1. The summed E-state index contributed by atoms with van der Waals surface area (Å²) in [6.45, 7) is 2.50. The number of alkyl halides is 1. The van der Waals surface area contributed by atoms with Crippen LogP contribution in [0.3, 0.4) is 0 Å². The molecule has 0 bridgehead atoms. The monoisotopic (exact) mass is 290 g/mol. The molecular weight excluding hydrogens is 275 g/mol. The van der Waals surface area contributed by atoms with E-state index in [1.165, 1.54) is 38.8 Å². The number of nitriles is 1. The largest absolute Gasteiger partial charge is 0.294 e. The quantitative estimate of drug-likeness (QED) is 0.421. The van der Waals surface area contributed by atoms with Gasteiger partial charge in [0.2, 0.25) is 0 Å². The lowest BCUT2D eigenvalue weighted by Crippen LogP contribution is -2.46. The van der Waals surface area contributed by atoms with Gasteiger partial charge in [0.1, 0.15) is 0 Å². The molecule has 1 aliphatic carbocycles. The lowest BCUT2D eigenvalue weighted by Gasteiger charge is -2.50. The van der Waals surface area contributed by atoms with Crippen molar-refractivity contribution in [2.45, 2.75) is 25.7 Å². The molecular formula is C10H15IN2. The molecule has 1 saturated carbocycles. The molecule has 72 valence electrons. The molecule has 1 spiro atoms. The van der Waals surface area contributed by atoms with Crippen molar-refractivity contribution in [3.8, 4) is 6.07 Å². The highest BCUT2D eigenvalue weighted by molar-refractivity contribution is 14.1. The summed E-state index contributed by atoms with van der Waals surface area (Å²) >= 11 is 2.43. The third-order valence-corrected chi connectivity index (χ3v) is 4.59. The van der Waals surface area contributed by atoms with E-state index in [4.69, 9.17) is 5.26 Å². The summed E-state index contributed by atoms with van der Waals surface area (Å²) in [6, 6.07) is 2.38. The Labute approximate surface area is 93.4 Å². The fourth-order valence-corrected chi connectivity index (χ4v) is 3.31. The highest BCUT2D eigenvalue weighted by Gasteiger charge is 2.45. The van der Waals surface area contributed by atoms with Crippen molar-refractivity contribution in [2.24, 2.45) is 11.3 Å². The number of halogens is 1. The zero-order valence-corrected chi connectivity index (χ0v) is 9.96. The molecule has 2 fully saturated rings. The molecule has 0 amide bonds. The summed E-state index contributed by atoms with van der Waals surface area (Å²) < 4.78 is 1.16. The topological polar surface area (TPSA) is 27.0 Å². The van der Waals surface area contributed by atoms with Gasteiger partial charge in [0, 0.05) is 5.92 Å². The highest BCUT2D eigenvalue weighted by atomic mass is 127. The Balaban J connectivity index is 1.83. The summed E-state index contributed by atoms with van der Waals surface area (Å²) in [4.78, 5) is 2.51. The molecule has 2 rings (SSSR count). The Kier molecular flexibility index (Phi) is 2.80. The van der Waals surface area contributed by atoms with Crippen LogP contribution in [0, 0.1) is 22.7 Å². The van der Waals surface area contributed by atoms with Gasteiger partial charge in [-0.25, -0.2) is 0 Å². The Bertz CT molecular complexity index is 218. The van der Waals surface area contributed by atoms with Crippen molar-refractivity contribution >= 4 is 22.6 Å². The van der Waals surface area contributed by atoms with Gasteiger partial charge in [-0.2, -0.15) is 5.26 Å². The summed E-state index contributed by atoms with van der Waals surface area (Å²) in [5.74, 6) is 0.381. The number of rotatable bonds is 1. The van der Waals surface area contributed by atoms with Crippen molar-refractivity contribution in [2.75, 3.05) is 17.6 Å². The van der Waals surface area contributed by atoms with Crippen LogP contribution in [0.1, 0.15) is 25.7 Å². The van der Waals surface area contributed by atoms with E-state index >= 15 is 0 Å². The molecule has 0 aromatic heterocycles. The average Bonchev–Trinajstić information content (AvgIpc) is 2.14. The van der Waals surface area contributed by atoms with Crippen LogP contribution < -0.4 is 0 Å². The Morgan fingerprint density at radius 3 is 2.46 bits per heavy atom. The van der Waals surface area contributed by atoms with Crippen LogP contribution in [-0.2, 0) is 0 Å². The minimum atomic E-state index is 0.381. The van der Waals surface area contributed by atoms with E-state index < -0.39 is 0 Å². The second-order valence-corrected chi connectivity index (χ2v) is 5.15. The van der Waals surface area contributed by atoms with E-state index in [0.717, 1.165) is 4.55 Å². The van der Waals surface area contributed by atoms with Crippen LogP contribution in [0.15, 0.2) is 0 Å². The van der Waals surface area contributed by atoms with E-state index in [9.17, 15) is 0 Å². The highest BCUT2D eigenvalue weighted by Crippen LogP contribution is 2.52. The maximum Gasteiger partial charge on any atom is 0.0656 e. The van der Waals surface area contributed by atoms with Gasteiger partial charge in [-0.05, 0) is 44.2 Å². The summed E-state index contributed by atoms with van der Waals surface area (Å²) in [7, 11) is 0. The number of likely N-dealkylation sites (tertiary alicyclic amines) is 1. The molecule has 0 aromatic carbocycles.